The summed E-state index contributed by atoms with van der Waals surface area (Å²) in [7, 11) is 3.00. The lowest BCUT2D eigenvalue weighted by atomic mass is 10.2. The molecule has 176 valence electrons. The summed E-state index contributed by atoms with van der Waals surface area (Å²) in [6.07, 6.45) is 1.34. The van der Waals surface area contributed by atoms with Crippen molar-refractivity contribution >= 4 is 46.9 Å². The number of hydrogen-bond donors (Lipinski definition) is 2. The highest BCUT2D eigenvalue weighted by Gasteiger charge is 2.15. The summed E-state index contributed by atoms with van der Waals surface area (Å²) in [6, 6.07) is 16.9. The third-order valence-corrected chi connectivity index (χ3v) is 5.26. The first-order chi connectivity index (χ1) is 16.4. The van der Waals surface area contributed by atoms with Gasteiger partial charge in [0, 0.05) is 32.9 Å². The molecule has 2 N–H and O–H groups in total. The molecular formula is C24H21Cl2N3O5. The molecule has 3 aromatic carbocycles. The maximum atomic E-state index is 12.1. The Morgan fingerprint density at radius 2 is 1.65 bits per heavy atom. The third kappa shape index (κ3) is 6.40. The SMILES string of the molecule is COc1cccc(NC(=O)C(=O)N/N=C\c2cccc(OC)c2OCc2c(Cl)cccc2Cl)c1. The molecule has 0 unspecified atom stereocenters. The van der Waals surface area contributed by atoms with E-state index in [1.54, 1.807) is 60.7 Å². The molecule has 0 heterocycles. The molecule has 0 fully saturated rings. The second-order valence-electron chi connectivity index (χ2n) is 6.75. The van der Waals surface area contributed by atoms with Gasteiger partial charge in [-0.25, -0.2) is 5.43 Å². The number of benzene rings is 3. The minimum Gasteiger partial charge on any atom is -0.497 e. The molecule has 0 spiro atoms. The molecule has 3 rings (SSSR count). The summed E-state index contributed by atoms with van der Waals surface area (Å²) in [5.74, 6) is -0.498. The van der Waals surface area contributed by atoms with Crippen molar-refractivity contribution in [3.05, 3.63) is 81.8 Å². The Morgan fingerprint density at radius 1 is 0.941 bits per heavy atom. The summed E-state index contributed by atoms with van der Waals surface area (Å²) < 4.78 is 16.4. The molecule has 3 aromatic rings. The van der Waals surface area contributed by atoms with E-state index in [2.05, 4.69) is 15.8 Å². The molecule has 0 atom stereocenters. The van der Waals surface area contributed by atoms with Gasteiger partial charge in [0.05, 0.1) is 20.4 Å². The summed E-state index contributed by atoms with van der Waals surface area (Å²) in [4.78, 5) is 24.3. The van der Waals surface area contributed by atoms with E-state index >= 15 is 0 Å². The van der Waals surface area contributed by atoms with Gasteiger partial charge >= 0.3 is 11.8 Å². The summed E-state index contributed by atoms with van der Waals surface area (Å²) in [6.45, 7) is 0.0784. The van der Waals surface area contributed by atoms with Crippen LogP contribution in [0.15, 0.2) is 65.8 Å². The van der Waals surface area contributed by atoms with Crippen LogP contribution in [0.2, 0.25) is 10.0 Å². The van der Waals surface area contributed by atoms with Crippen molar-refractivity contribution in [3.63, 3.8) is 0 Å². The van der Waals surface area contributed by atoms with Crippen LogP contribution in [-0.4, -0.2) is 32.2 Å². The van der Waals surface area contributed by atoms with Crippen molar-refractivity contribution in [1.29, 1.82) is 0 Å². The van der Waals surface area contributed by atoms with Crippen molar-refractivity contribution in [2.24, 2.45) is 5.10 Å². The maximum Gasteiger partial charge on any atom is 0.329 e. The van der Waals surface area contributed by atoms with Gasteiger partial charge < -0.3 is 19.5 Å². The van der Waals surface area contributed by atoms with Crippen LogP contribution >= 0.6 is 23.2 Å². The average Bonchev–Trinajstić information content (AvgIpc) is 2.84. The van der Waals surface area contributed by atoms with Gasteiger partial charge in [-0.3, -0.25) is 9.59 Å². The number of ether oxygens (including phenoxy) is 3. The molecule has 0 bridgehead atoms. The van der Waals surface area contributed by atoms with Gasteiger partial charge in [-0.15, -0.1) is 0 Å². The predicted octanol–water partition coefficient (Wildman–Crippen LogP) is 4.68. The van der Waals surface area contributed by atoms with Crippen LogP contribution in [0.1, 0.15) is 11.1 Å². The Balaban J connectivity index is 1.69. The van der Waals surface area contributed by atoms with E-state index in [1.807, 2.05) is 0 Å². The molecule has 2 amide bonds. The minimum absolute atomic E-state index is 0.0784. The van der Waals surface area contributed by atoms with E-state index < -0.39 is 11.8 Å². The number of rotatable bonds is 8. The number of methoxy groups -OCH3 is 2. The van der Waals surface area contributed by atoms with E-state index in [-0.39, 0.29) is 6.61 Å². The molecule has 0 saturated heterocycles. The highest BCUT2D eigenvalue weighted by Crippen LogP contribution is 2.33. The minimum atomic E-state index is -0.952. The number of carbonyl (C=O) groups is 2. The number of halogens is 2. The second kappa shape index (κ2) is 11.9. The number of para-hydroxylation sites is 1. The van der Waals surface area contributed by atoms with Gasteiger partial charge in [-0.05, 0) is 36.4 Å². The fourth-order valence-corrected chi connectivity index (χ4v) is 3.37. The fraction of sp³-hybridized carbons (Fsp3) is 0.125. The van der Waals surface area contributed by atoms with E-state index in [0.717, 1.165) is 0 Å². The molecule has 0 radical (unpaired) electrons. The van der Waals surface area contributed by atoms with Crippen LogP contribution in [0.4, 0.5) is 5.69 Å². The number of carbonyl (C=O) groups excluding carboxylic acids is 2. The highest BCUT2D eigenvalue weighted by molar-refractivity contribution is 6.39. The zero-order valence-corrected chi connectivity index (χ0v) is 19.8. The molecule has 0 aliphatic rings. The van der Waals surface area contributed by atoms with Gasteiger partial charge in [-0.1, -0.05) is 41.4 Å². The summed E-state index contributed by atoms with van der Waals surface area (Å²) in [5.41, 5.74) is 3.70. The van der Waals surface area contributed by atoms with Crippen molar-refractivity contribution in [1.82, 2.24) is 5.43 Å². The number of hydrazone groups is 1. The summed E-state index contributed by atoms with van der Waals surface area (Å²) in [5, 5.41) is 7.27. The van der Waals surface area contributed by atoms with Crippen molar-refractivity contribution in [3.8, 4) is 17.2 Å². The lowest BCUT2D eigenvalue weighted by molar-refractivity contribution is -0.136. The zero-order valence-electron chi connectivity index (χ0n) is 18.3. The molecule has 0 aromatic heterocycles. The molecule has 34 heavy (non-hydrogen) atoms. The van der Waals surface area contributed by atoms with Crippen LogP contribution < -0.4 is 25.0 Å². The fourth-order valence-electron chi connectivity index (χ4n) is 2.86. The molecule has 8 nitrogen and oxygen atoms in total. The van der Waals surface area contributed by atoms with Gasteiger partial charge in [0.2, 0.25) is 0 Å². The average molecular weight is 502 g/mol. The van der Waals surface area contributed by atoms with Gasteiger partial charge in [0.25, 0.3) is 0 Å². The van der Waals surface area contributed by atoms with Crippen LogP contribution in [0.5, 0.6) is 17.2 Å². The van der Waals surface area contributed by atoms with E-state index in [9.17, 15) is 9.59 Å². The summed E-state index contributed by atoms with van der Waals surface area (Å²) >= 11 is 12.4. The van der Waals surface area contributed by atoms with E-state index in [4.69, 9.17) is 37.4 Å². The number of nitrogens with one attached hydrogen (secondary N) is 2. The Kier molecular flexibility index (Phi) is 8.73. The van der Waals surface area contributed by atoms with Crippen LogP contribution in [0.3, 0.4) is 0 Å². The van der Waals surface area contributed by atoms with Crippen LogP contribution in [0.25, 0.3) is 0 Å². The molecule has 0 aliphatic heterocycles. The van der Waals surface area contributed by atoms with Crippen molar-refractivity contribution < 1.29 is 23.8 Å². The van der Waals surface area contributed by atoms with E-state index in [0.29, 0.717) is 44.1 Å². The number of anilines is 1. The van der Waals surface area contributed by atoms with Crippen LogP contribution in [0, 0.1) is 0 Å². The zero-order chi connectivity index (χ0) is 24.5. The first kappa shape index (κ1) is 24.9. The smallest absolute Gasteiger partial charge is 0.329 e. The topological polar surface area (TPSA) is 98.2 Å². The maximum absolute atomic E-state index is 12.1. The Labute approximate surface area is 206 Å². The monoisotopic (exact) mass is 501 g/mol. The molecule has 0 aliphatic carbocycles. The number of nitrogens with zero attached hydrogens (tertiary/aromatic N) is 1. The largest absolute Gasteiger partial charge is 0.497 e. The first-order valence-electron chi connectivity index (χ1n) is 9.94. The predicted molar refractivity (Wildman–Crippen MR) is 131 cm³/mol. The molecular weight excluding hydrogens is 481 g/mol. The third-order valence-electron chi connectivity index (χ3n) is 4.56. The van der Waals surface area contributed by atoms with Crippen molar-refractivity contribution in [2.75, 3.05) is 19.5 Å². The standard InChI is InChI=1S/C24H21Cl2N3O5/c1-32-17-8-4-7-16(12-17)28-23(30)24(31)29-27-13-15-6-3-11-21(33-2)22(15)34-14-18-19(25)9-5-10-20(18)26/h3-13H,14H2,1-2H3,(H,28,30)(H,29,31)/b27-13-. The molecule has 0 saturated carbocycles. The quantitative estimate of drug-likeness (QED) is 0.265. The van der Waals surface area contributed by atoms with Gasteiger partial charge in [0.15, 0.2) is 11.5 Å². The Bertz CT molecular complexity index is 1200. The Hall–Kier alpha value is -3.75. The normalized spacial score (nSPS) is 10.6. The number of hydrogen-bond acceptors (Lipinski definition) is 6. The molecule has 10 heteroatoms. The highest BCUT2D eigenvalue weighted by atomic mass is 35.5. The lowest BCUT2D eigenvalue weighted by Crippen LogP contribution is -2.32. The number of amides is 2. The van der Waals surface area contributed by atoms with Gasteiger partial charge in [0.1, 0.15) is 12.4 Å². The van der Waals surface area contributed by atoms with E-state index in [1.165, 1.54) is 20.4 Å². The first-order valence-corrected chi connectivity index (χ1v) is 10.7. The van der Waals surface area contributed by atoms with Crippen LogP contribution in [-0.2, 0) is 16.2 Å². The Morgan fingerprint density at radius 3 is 2.35 bits per heavy atom. The van der Waals surface area contributed by atoms with Gasteiger partial charge in [-0.2, -0.15) is 5.10 Å². The lowest BCUT2D eigenvalue weighted by Gasteiger charge is -2.14. The second-order valence-corrected chi connectivity index (χ2v) is 7.57. The van der Waals surface area contributed by atoms with Crippen molar-refractivity contribution in [2.45, 2.75) is 6.61 Å².